The quantitative estimate of drug-likeness (QED) is 0.176. The third-order valence-corrected chi connectivity index (χ3v) is 9.90. The van der Waals surface area contributed by atoms with Crippen LogP contribution in [0.1, 0.15) is 11.1 Å². The van der Waals surface area contributed by atoms with Crippen LogP contribution in [0.15, 0.2) is 56.1 Å². The summed E-state index contributed by atoms with van der Waals surface area (Å²) in [6.45, 7) is 4.65. The molecule has 0 atom stereocenters. The monoisotopic (exact) mass is 548 g/mol. The summed E-state index contributed by atoms with van der Waals surface area (Å²) in [5.41, 5.74) is 8.42. The molecule has 0 bridgehead atoms. The molecule has 1 aliphatic rings. The van der Waals surface area contributed by atoms with Crippen molar-refractivity contribution >= 4 is 96.3 Å². The minimum absolute atomic E-state index is 1.19. The normalized spacial score (nSPS) is 12.7. The Morgan fingerprint density at radius 1 is 0.633 bits per heavy atom. The zero-order valence-electron chi connectivity index (χ0n) is 16.2. The third-order valence-electron chi connectivity index (χ3n) is 6.59. The maximum atomic E-state index is 3.77. The fourth-order valence-corrected chi connectivity index (χ4v) is 8.94. The molecule has 1 aliphatic carbocycles. The van der Waals surface area contributed by atoms with Gasteiger partial charge in [0, 0.05) is 30.9 Å². The Labute approximate surface area is 198 Å². The lowest BCUT2D eigenvalue weighted by Gasteiger charge is -2.17. The largest absolute Gasteiger partial charge is 0.128 e. The molecule has 7 rings (SSSR count). The van der Waals surface area contributed by atoms with E-state index in [2.05, 4.69) is 94.2 Å². The van der Waals surface area contributed by atoms with Crippen LogP contribution in [0.25, 0.3) is 64.0 Å². The second-order valence-corrected chi connectivity index (χ2v) is 12.9. The Kier molecular flexibility index (Phi) is 3.55. The van der Waals surface area contributed by atoms with Crippen LogP contribution in [0.4, 0.5) is 0 Å². The second kappa shape index (κ2) is 5.95. The molecule has 0 saturated carbocycles. The standard InChI is InChI=1S/C26H14Br2S2/c1-11-20-14-7-3-5-13-6-4-8-15(24(13)14)21(20)12(2)23-22(11)25-16(9-18(27)29-25)17-10-19(28)30-26(17)23/h3-10H,1-2H3. The van der Waals surface area contributed by atoms with Crippen LogP contribution in [0.3, 0.4) is 0 Å². The molecule has 144 valence electrons. The van der Waals surface area contributed by atoms with Crippen LogP contribution in [0.2, 0.25) is 0 Å². The van der Waals surface area contributed by atoms with Crippen molar-refractivity contribution in [3.63, 3.8) is 0 Å². The SMILES string of the molecule is Cc1c2c(c(C)c3c4sc(Br)cc4c4cc(Br)sc4c13)-c1cccc3cccc-2c13. The number of thiophene rings is 2. The zero-order valence-corrected chi connectivity index (χ0v) is 21.0. The van der Waals surface area contributed by atoms with Crippen molar-refractivity contribution in [3.8, 4) is 22.3 Å². The minimum Gasteiger partial charge on any atom is -0.128 e. The number of fused-ring (bicyclic) bond motifs is 9. The molecular weight excluding hydrogens is 536 g/mol. The zero-order chi connectivity index (χ0) is 20.3. The number of aryl methyl sites for hydroxylation is 2. The summed E-state index contributed by atoms with van der Waals surface area (Å²) >= 11 is 11.2. The Hall–Kier alpha value is -1.72. The molecule has 0 aliphatic heterocycles. The summed E-state index contributed by atoms with van der Waals surface area (Å²) in [7, 11) is 0. The molecule has 0 nitrogen and oxygen atoms in total. The average molecular weight is 550 g/mol. The molecule has 30 heavy (non-hydrogen) atoms. The van der Waals surface area contributed by atoms with E-state index < -0.39 is 0 Å². The molecular formula is C26H14Br2S2. The average Bonchev–Trinajstić information content (AvgIpc) is 3.39. The predicted octanol–water partition coefficient (Wildman–Crippen LogP) is 10.2. The van der Waals surface area contributed by atoms with Gasteiger partial charge in [-0.2, -0.15) is 0 Å². The first-order chi connectivity index (χ1) is 14.5. The van der Waals surface area contributed by atoms with Crippen molar-refractivity contribution in [2.24, 2.45) is 0 Å². The lowest BCUT2D eigenvalue weighted by Crippen LogP contribution is -1.92. The van der Waals surface area contributed by atoms with E-state index in [4.69, 9.17) is 0 Å². The molecule has 0 spiro atoms. The van der Waals surface area contributed by atoms with Gasteiger partial charge in [0.05, 0.1) is 7.57 Å². The highest BCUT2D eigenvalue weighted by molar-refractivity contribution is 9.11. The van der Waals surface area contributed by atoms with E-state index in [1.54, 1.807) is 0 Å². The minimum atomic E-state index is 1.19. The molecule has 2 heterocycles. The smallest absolute Gasteiger partial charge is 0.0711 e. The first-order valence-corrected chi connectivity index (χ1v) is 13.1. The van der Waals surface area contributed by atoms with Crippen molar-refractivity contribution in [1.82, 2.24) is 0 Å². The summed E-state index contributed by atoms with van der Waals surface area (Å²) < 4.78 is 5.16. The summed E-state index contributed by atoms with van der Waals surface area (Å²) in [6, 6.07) is 18.1. The molecule has 0 unspecified atom stereocenters. The van der Waals surface area contributed by atoms with Crippen LogP contribution >= 0.6 is 54.5 Å². The van der Waals surface area contributed by atoms with Gasteiger partial charge in [-0.3, -0.25) is 0 Å². The first-order valence-electron chi connectivity index (χ1n) is 9.84. The summed E-state index contributed by atoms with van der Waals surface area (Å²) in [5.74, 6) is 0. The molecule has 0 saturated heterocycles. The van der Waals surface area contributed by atoms with E-state index in [0.29, 0.717) is 0 Å². The number of benzene rings is 4. The van der Waals surface area contributed by atoms with E-state index in [0.717, 1.165) is 0 Å². The molecule has 0 radical (unpaired) electrons. The maximum absolute atomic E-state index is 3.77. The van der Waals surface area contributed by atoms with Crippen LogP contribution in [-0.2, 0) is 0 Å². The van der Waals surface area contributed by atoms with Crippen LogP contribution < -0.4 is 0 Å². The van der Waals surface area contributed by atoms with E-state index >= 15 is 0 Å². The number of hydrogen-bond donors (Lipinski definition) is 0. The van der Waals surface area contributed by atoms with Crippen molar-refractivity contribution in [3.05, 3.63) is 67.2 Å². The maximum Gasteiger partial charge on any atom is 0.0711 e. The number of rotatable bonds is 0. The Morgan fingerprint density at radius 2 is 1.10 bits per heavy atom. The highest BCUT2D eigenvalue weighted by Crippen LogP contribution is 2.56. The lowest BCUT2D eigenvalue weighted by atomic mass is 9.88. The molecule has 4 aromatic carbocycles. The van der Waals surface area contributed by atoms with Crippen molar-refractivity contribution in [2.75, 3.05) is 0 Å². The molecule has 0 N–H and O–H groups in total. The van der Waals surface area contributed by atoms with E-state index in [1.165, 1.54) is 82.7 Å². The topological polar surface area (TPSA) is 0 Å². The van der Waals surface area contributed by atoms with Gasteiger partial charge in [0.25, 0.3) is 0 Å². The van der Waals surface area contributed by atoms with Crippen LogP contribution in [-0.4, -0.2) is 0 Å². The predicted molar refractivity (Wildman–Crippen MR) is 142 cm³/mol. The highest BCUT2D eigenvalue weighted by atomic mass is 79.9. The summed E-state index contributed by atoms with van der Waals surface area (Å²) in [6.07, 6.45) is 0. The van der Waals surface area contributed by atoms with Gasteiger partial charge in [0.2, 0.25) is 0 Å². The van der Waals surface area contributed by atoms with Crippen molar-refractivity contribution < 1.29 is 0 Å². The number of hydrogen-bond acceptors (Lipinski definition) is 2. The Balaban J connectivity index is 1.83. The molecule has 6 aromatic rings. The van der Waals surface area contributed by atoms with Gasteiger partial charge in [0.15, 0.2) is 0 Å². The van der Waals surface area contributed by atoms with Gasteiger partial charge in [0.1, 0.15) is 0 Å². The van der Waals surface area contributed by atoms with Gasteiger partial charge in [-0.25, -0.2) is 0 Å². The van der Waals surface area contributed by atoms with Gasteiger partial charge in [-0.15, -0.1) is 22.7 Å². The van der Waals surface area contributed by atoms with Crippen molar-refractivity contribution in [2.45, 2.75) is 13.8 Å². The summed E-state index contributed by atoms with van der Waals surface area (Å²) in [5, 5.41) is 8.29. The molecule has 0 fully saturated rings. The lowest BCUT2D eigenvalue weighted by molar-refractivity contribution is 1.49. The first kappa shape index (κ1) is 17.9. The van der Waals surface area contributed by atoms with Crippen molar-refractivity contribution in [1.29, 1.82) is 0 Å². The summed E-state index contributed by atoms with van der Waals surface area (Å²) in [4.78, 5) is 0. The fourth-order valence-electron chi connectivity index (χ4n) is 5.49. The van der Waals surface area contributed by atoms with Gasteiger partial charge in [-0.1, -0.05) is 36.4 Å². The molecule has 4 heteroatoms. The second-order valence-electron chi connectivity index (χ2n) is 8.05. The Morgan fingerprint density at radius 3 is 1.57 bits per heavy atom. The highest BCUT2D eigenvalue weighted by Gasteiger charge is 2.29. The van der Waals surface area contributed by atoms with Gasteiger partial charge < -0.3 is 0 Å². The van der Waals surface area contributed by atoms with E-state index in [-0.39, 0.29) is 0 Å². The van der Waals surface area contributed by atoms with Gasteiger partial charge >= 0.3 is 0 Å². The third kappa shape index (κ3) is 2.06. The Bertz CT molecular complexity index is 1610. The van der Waals surface area contributed by atoms with Gasteiger partial charge in [-0.05, 0) is 102 Å². The van der Waals surface area contributed by atoms with E-state index in [1.807, 2.05) is 22.7 Å². The van der Waals surface area contributed by atoms with Crippen LogP contribution in [0, 0.1) is 13.8 Å². The fraction of sp³-hybridized carbons (Fsp3) is 0.0769. The van der Waals surface area contributed by atoms with Crippen LogP contribution in [0.5, 0.6) is 0 Å². The molecule has 2 aromatic heterocycles. The van der Waals surface area contributed by atoms with E-state index in [9.17, 15) is 0 Å². The molecule has 0 amide bonds. The number of halogens is 2.